The van der Waals surface area contributed by atoms with E-state index in [1.165, 1.54) is 0 Å². The summed E-state index contributed by atoms with van der Waals surface area (Å²) in [5.41, 5.74) is 2.17. The van der Waals surface area contributed by atoms with E-state index in [1.54, 1.807) is 59.4 Å². The molecular weight excluding hydrogens is 388 g/mol. The van der Waals surface area contributed by atoms with E-state index in [0.717, 1.165) is 24.3 Å². The number of nitrogens with one attached hydrogen (secondary N) is 1. The number of hydrogen-bond acceptors (Lipinski definition) is 5. The third kappa shape index (κ3) is 4.18. The summed E-state index contributed by atoms with van der Waals surface area (Å²) in [6, 6.07) is 10.3. The molecule has 0 unspecified atom stereocenters. The Bertz CT molecular complexity index is 1110. The first kappa shape index (κ1) is 19.6. The molecule has 3 aromatic rings. The van der Waals surface area contributed by atoms with Gasteiger partial charge in [0, 0.05) is 25.1 Å². The highest BCUT2D eigenvalue weighted by atomic mass is 32.2. The fourth-order valence-corrected chi connectivity index (χ4v) is 5.36. The van der Waals surface area contributed by atoms with Gasteiger partial charge in [0.2, 0.25) is 0 Å². The summed E-state index contributed by atoms with van der Waals surface area (Å²) in [4.78, 5) is 19.1. The van der Waals surface area contributed by atoms with E-state index >= 15 is 0 Å². The van der Waals surface area contributed by atoms with Crippen LogP contribution in [0.1, 0.15) is 28.8 Å². The van der Waals surface area contributed by atoms with Gasteiger partial charge in [-0.15, -0.1) is 0 Å². The highest BCUT2D eigenvalue weighted by Gasteiger charge is 2.30. The van der Waals surface area contributed by atoms with Crippen LogP contribution in [0.15, 0.2) is 59.9 Å². The summed E-state index contributed by atoms with van der Waals surface area (Å²) in [6.45, 7) is 1.94. The molecule has 1 saturated heterocycles. The van der Waals surface area contributed by atoms with Crippen LogP contribution in [0.4, 0.5) is 0 Å². The molecule has 1 aliphatic heterocycles. The Kier molecular flexibility index (Phi) is 5.38. The van der Waals surface area contributed by atoms with Gasteiger partial charge in [-0.1, -0.05) is 12.1 Å². The Hall–Kier alpha value is -2.71. The van der Waals surface area contributed by atoms with Crippen LogP contribution in [-0.4, -0.2) is 54.0 Å². The number of carbonyl (C=O) groups excluding carboxylic acids is 1. The van der Waals surface area contributed by atoms with Crippen LogP contribution >= 0.6 is 0 Å². The van der Waals surface area contributed by atoms with Crippen LogP contribution < -0.4 is 5.32 Å². The Labute approximate surface area is 170 Å². The van der Waals surface area contributed by atoms with E-state index in [0.29, 0.717) is 29.8 Å². The smallest absolute Gasteiger partial charge is 0.253 e. The number of pyridine rings is 1. The largest absolute Gasteiger partial charge is 0.348 e. The fourth-order valence-electron chi connectivity index (χ4n) is 3.62. The number of fused-ring (bicyclic) bond motifs is 1. The van der Waals surface area contributed by atoms with E-state index in [-0.39, 0.29) is 11.2 Å². The minimum Gasteiger partial charge on any atom is -0.348 e. The quantitative estimate of drug-likeness (QED) is 0.694. The standard InChI is InChI=1S/C21H24N4O3S/c1-24-11-8-19(9-12-24)29(27,28)18-5-2-16(3-6-18)14-23-21(26)17-4-7-20-22-10-13-25(20)15-17/h2-7,10,13,15,19H,8-9,11-12,14H2,1H3,(H,23,26). The number of amides is 1. The molecule has 7 nitrogen and oxygen atoms in total. The van der Waals surface area contributed by atoms with Crippen LogP contribution in [0.3, 0.4) is 0 Å². The van der Waals surface area contributed by atoms with Gasteiger partial charge in [-0.25, -0.2) is 13.4 Å². The molecule has 1 aromatic carbocycles. The van der Waals surface area contributed by atoms with Gasteiger partial charge in [-0.2, -0.15) is 0 Å². The number of piperidine rings is 1. The molecule has 0 bridgehead atoms. The Balaban J connectivity index is 1.39. The van der Waals surface area contributed by atoms with E-state index in [1.807, 2.05) is 7.05 Å². The minimum absolute atomic E-state index is 0.191. The first-order valence-electron chi connectivity index (χ1n) is 9.66. The molecule has 152 valence electrons. The minimum atomic E-state index is -3.31. The Morgan fingerprint density at radius 3 is 2.59 bits per heavy atom. The maximum absolute atomic E-state index is 12.8. The molecule has 1 N–H and O–H groups in total. The molecule has 2 aromatic heterocycles. The first-order valence-corrected chi connectivity index (χ1v) is 11.2. The highest BCUT2D eigenvalue weighted by molar-refractivity contribution is 7.92. The second-order valence-electron chi connectivity index (χ2n) is 7.48. The number of hydrogen-bond donors (Lipinski definition) is 1. The second-order valence-corrected chi connectivity index (χ2v) is 9.71. The lowest BCUT2D eigenvalue weighted by Crippen LogP contribution is -2.37. The van der Waals surface area contributed by atoms with E-state index in [9.17, 15) is 13.2 Å². The maximum Gasteiger partial charge on any atom is 0.253 e. The number of imidazole rings is 1. The lowest BCUT2D eigenvalue weighted by Gasteiger charge is -2.28. The van der Waals surface area contributed by atoms with Crippen LogP contribution in [0.5, 0.6) is 0 Å². The molecule has 0 spiro atoms. The van der Waals surface area contributed by atoms with Gasteiger partial charge in [0.25, 0.3) is 5.91 Å². The zero-order valence-corrected chi connectivity index (χ0v) is 17.1. The number of carbonyl (C=O) groups is 1. The van der Waals surface area contributed by atoms with Crippen molar-refractivity contribution in [3.05, 3.63) is 66.1 Å². The molecule has 0 atom stereocenters. The van der Waals surface area contributed by atoms with Gasteiger partial charge in [-0.05, 0) is 62.8 Å². The summed E-state index contributed by atoms with van der Waals surface area (Å²) in [5, 5.41) is 2.55. The summed E-state index contributed by atoms with van der Waals surface area (Å²) in [6.07, 6.45) is 6.53. The molecule has 29 heavy (non-hydrogen) atoms. The SMILES string of the molecule is CN1CCC(S(=O)(=O)c2ccc(CNC(=O)c3ccc4nccn4c3)cc2)CC1. The number of aromatic nitrogens is 2. The van der Waals surface area contributed by atoms with E-state index in [2.05, 4.69) is 15.2 Å². The molecule has 0 radical (unpaired) electrons. The third-order valence-electron chi connectivity index (χ3n) is 5.46. The zero-order chi connectivity index (χ0) is 20.4. The number of benzene rings is 1. The second kappa shape index (κ2) is 7.96. The maximum atomic E-state index is 12.8. The van der Waals surface area contributed by atoms with Crippen molar-refractivity contribution in [2.75, 3.05) is 20.1 Å². The molecule has 0 aliphatic carbocycles. The zero-order valence-electron chi connectivity index (χ0n) is 16.3. The Morgan fingerprint density at radius 2 is 1.86 bits per heavy atom. The van der Waals surface area contributed by atoms with Crippen LogP contribution in [-0.2, 0) is 16.4 Å². The van der Waals surface area contributed by atoms with Crippen LogP contribution in [0.2, 0.25) is 0 Å². The van der Waals surface area contributed by atoms with Crippen molar-refractivity contribution in [2.24, 2.45) is 0 Å². The molecule has 8 heteroatoms. The molecule has 1 fully saturated rings. The summed E-state index contributed by atoms with van der Waals surface area (Å²) >= 11 is 0. The molecule has 0 saturated carbocycles. The predicted octanol–water partition coefficient (Wildman–Crippen LogP) is 2.13. The lowest BCUT2D eigenvalue weighted by atomic mass is 10.1. The number of nitrogens with zero attached hydrogens (tertiary/aromatic N) is 3. The monoisotopic (exact) mass is 412 g/mol. The van der Waals surface area contributed by atoms with Crippen molar-refractivity contribution in [3.63, 3.8) is 0 Å². The van der Waals surface area contributed by atoms with Gasteiger partial charge in [-0.3, -0.25) is 4.79 Å². The van der Waals surface area contributed by atoms with Crippen molar-refractivity contribution in [1.82, 2.24) is 19.6 Å². The molecule has 3 heterocycles. The van der Waals surface area contributed by atoms with Crippen molar-refractivity contribution >= 4 is 21.4 Å². The Morgan fingerprint density at radius 1 is 1.14 bits per heavy atom. The predicted molar refractivity (Wildman–Crippen MR) is 111 cm³/mol. The number of likely N-dealkylation sites (tertiary alicyclic amines) is 1. The number of rotatable bonds is 5. The fraction of sp³-hybridized carbons (Fsp3) is 0.333. The van der Waals surface area contributed by atoms with E-state index < -0.39 is 9.84 Å². The third-order valence-corrected chi connectivity index (χ3v) is 7.74. The van der Waals surface area contributed by atoms with Crippen LogP contribution in [0.25, 0.3) is 5.65 Å². The van der Waals surface area contributed by atoms with Crippen molar-refractivity contribution in [2.45, 2.75) is 29.5 Å². The van der Waals surface area contributed by atoms with Crippen molar-refractivity contribution in [1.29, 1.82) is 0 Å². The normalized spacial score (nSPS) is 16.2. The van der Waals surface area contributed by atoms with Gasteiger partial charge < -0.3 is 14.6 Å². The van der Waals surface area contributed by atoms with Gasteiger partial charge >= 0.3 is 0 Å². The summed E-state index contributed by atoms with van der Waals surface area (Å²) in [7, 11) is -1.30. The summed E-state index contributed by atoms with van der Waals surface area (Å²) in [5.74, 6) is -0.191. The van der Waals surface area contributed by atoms with E-state index in [4.69, 9.17) is 0 Å². The topological polar surface area (TPSA) is 83.8 Å². The average Bonchev–Trinajstić information content (AvgIpc) is 3.20. The lowest BCUT2D eigenvalue weighted by molar-refractivity contribution is 0.0950. The average molecular weight is 413 g/mol. The first-order chi connectivity index (χ1) is 13.9. The molecule has 4 rings (SSSR count). The summed E-state index contributed by atoms with van der Waals surface area (Å²) < 4.78 is 27.5. The molecule has 1 aliphatic rings. The molecule has 1 amide bonds. The van der Waals surface area contributed by atoms with Crippen molar-refractivity contribution in [3.8, 4) is 0 Å². The number of sulfone groups is 1. The van der Waals surface area contributed by atoms with Gasteiger partial charge in [0.1, 0.15) is 5.65 Å². The van der Waals surface area contributed by atoms with Crippen LogP contribution in [0, 0.1) is 0 Å². The molecular formula is C21H24N4O3S. The van der Waals surface area contributed by atoms with Crippen molar-refractivity contribution < 1.29 is 13.2 Å². The van der Waals surface area contributed by atoms with Gasteiger partial charge in [0.05, 0.1) is 15.7 Å². The highest BCUT2D eigenvalue weighted by Crippen LogP contribution is 2.24. The van der Waals surface area contributed by atoms with Gasteiger partial charge in [0.15, 0.2) is 9.84 Å².